The Morgan fingerprint density at radius 3 is 2.27 bits per heavy atom. The third-order valence-corrected chi connectivity index (χ3v) is 8.27. The van der Waals surface area contributed by atoms with Crippen LogP contribution >= 0.6 is 50.2 Å². The van der Waals surface area contributed by atoms with Crippen molar-refractivity contribution in [2.24, 2.45) is 4.99 Å². The molecule has 1 aliphatic rings. The Balaban J connectivity index is 1.44. The zero-order valence-corrected chi connectivity index (χ0v) is 21.8. The Morgan fingerprint density at radius 2 is 1.59 bits per heavy atom. The molecule has 0 aliphatic carbocycles. The van der Waals surface area contributed by atoms with Crippen LogP contribution in [0.15, 0.2) is 72.2 Å². The highest BCUT2D eigenvalue weighted by Crippen LogP contribution is 2.51. The van der Waals surface area contributed by atoms with Gasteiger partial charge in [0.2, 0.25) is 0 Å². The maximum absolute atomic E-state index is 13.2. The molecular weight excluding hydrogens is 630 g/mol. The summed E-state index contributed by atoms with van der Waals surface area (Å²) in [5.41, 5.74) is -0.815. The van der Waals surface area contributed by atoms with Gasteiger partial charge in [-0.05, 0) is 48.2 Å². The van der Waals surface area contributed by atoms with Crippen molar-refractivity contribution in [3.05, 3.63) is 63.2 Å². The first-order chi connectivity index (χ1) is 17.4. The largest absolute Gasteiger partial charge is 0.416 e. The summed E-state index contributed by atoms with van der Waals surface area (Å²) in [6.07, 6.45) is -9.97. The number of alkyl halides is 6. The standard InChI is InChI=1S/C21H10BrClF6N6S2/c22-12-1-2-14-13(6-12)30-8-37(14)19-31-15(23)7-16(32-19)36-18-33-17(34-35-18)9-3-10(20(24,25)26)5-11(4-9)21(27,28)29/h1-8,37H,(H,33,34,35). The molecule has 0 amide bonds. The molecule has 2 aromatic carbocycles. The molecule has 5 rings (SSSR count). The fourth-order valence-corrected chi connectivity index (χ4v) is 6.48. The van der Waals surface area contributed by atoms with Crippen LogP contribution in [0.4, 0.5) is 32.0 Å². The number of benzene rings is 2. The topological polar surface area (TPSA) is 79.7 Å². The molecule has 6 nitrogen and oxygen atoms in total. The number of halogens is 8. The molecule has 192 valence electrons. The van der Waals surface area contributed by atoms with Crippen molar-refractivity contribution < 1.29 is 26.3 Å². The van der Waals surface area contributed by atoms with Crippen molar-refractivity contribution in [2.75, 3.05) is 0 Å². The Labute approximate surface area is 224 Å². The number of nitrogens with one attached hydrogen (secondary N) is 1. The zero-order chi connectivity index (χ0) is 26.5. The van der Waals surface area contributed by atoms with Crippen LogP contribution in [-0.2, 0) is 12.4 Å². The van der Waals surface area contributed by atoms with E-state index in [2.05, 4.69) is 46.1 Å². The molecule has 4 aromatic rings. The zero-order valence-electron chi connectivity index (χ0n) is 17.7. The molecule has 16 heteroatoms. The third kappa shape index (κ3) is 5.63. The van der Waals surface area contributed by atoms with Crippen LogP contribution in [0, 0.1) is 0 Å². The molecule has 0 radical (unpaired) electrons. The second kappa shape index (κ2) is 9.60. The van der Waals surface area contributed by atoms with E-state index < -0.39 is 39.9 Å². The Hall–Kier alpha value is -2.62. The minimum absolute atomic E-state index is 0.0466. The molecule has 2 aromatic heterocycles. The van der Waals surface area contributed by atoms with E-state index >= 15 is 0 Å². The molecule has 1 aliphatic heterocycles. The van der Waals surface area contributed by atoms with E-state index in [1.54, 1.807) is 5.55 Å². The highest BCUT2D eigenvalue weighted by Gasteiger charge is 2.37. The second-order valence-electron chi connectivity index (χ2n) is 7.45. The van der Waals surface area contributed by atoms with E-state index in [1.165, 1.54) is 6.07 Å². The first-order valence-electron chi connectivity index (χ1n) is 9.95. The Morgan fingerprint density at radius 1 is 0.892 bits per heavy atom. The summed E-state index contributed by atoms with van der Waals surface area (Å²) in [5, 5.41) is 8.56. The highest BCUT2D eigenvalue weighted by molar-refractivity contribution is 9.10. The monoisotopic (exact) mass is 638 g/mol. The summed E-state index contributed by atoms with van der Waals surface area (Å²) >= 11 is 10.5. The molecule has 0 bridgehead atoms. The number of aromatic nitrogens is 5. The molecular formula is C21H10BrClF6N6S2. The average Bonchev–Trinajstić information content (AvgIpc) is 3.44. The molecule has 0 saturated heterocycles. The maximum Gasteiger partial charge on any atom is 0.416 e. The summed E-state index contributed by atoms with van der Waals surface area (Å²) in [5.74, 6) is -0.272. The number of fused-ring (bicyclic) bond motifs is 1. The van der Waals surface area contributed by atoms with Crippen LogP contribution in [0.25, 0.3) is 11.4 Å². The van der Waals surface area contributed by atoms with E-state index in [-0.39, 0.29) is 22.2 Å². The van der Waals surface area contributed by atoms with E-state index in [0.717, 1.165) is 26.8 Å². The van der Waals surface area contributed by atoms with Gasteiger partial charge in [-0.15, -0.1) is 21.1 Å². The van der Waals surface area contributed by atoms with Gasteiger partial charge in [-0.3, -0.25) is 0 Å². The van der Waals surface area contributed by atoms with Crippen LogP contribution < -0.4 is 0 Å². The molecule has 0 fully saturated rings. The fourth-order valence-electron chi connectivity index (χ4n) is 3.30. The lowest BCUT2D eigenvalue weighted by Crippen LogP contribution is -2.11. The van der Waals surface area contributed by atoms with Crippen molar-refractivity contribution in [2.45, 2.75) is 32.6 Å². The van der Waals surface area contributed by atoms with E-state index in [1.807, 2.05) is 18.2 Å². The quantitative estimate of drug-likeness (QED) is 0.103. The first-order valence-corrected chi connectivity index (χ1v) is 13.3. The normalized spacial score (nSPS) is 16.3. The summed E-state index contributed by atoms with van der Waals surface area (Å²) < 4.78 is 80.1. The van der Waals surface area contributed by atoms with Gasteiger partial charge < -0.3 is 4.98 Å². The lowest BCUT2D eigenvalue weighted by atomic mass is 10.0. The fraction of sp³-hybridized carbons (Fsp3) is 0.0952. The number of thiol groups is 1. The van der Waals surface area contributed by atoms with Gasteiger partial charge in [0.05, 0.1) is 22.4 Å². The highest BCUT2D eigenvalue weighted by atomic mass is 79.9. The summed E-state index contributed by atoms with van der Waals surface area (Å²) in [6.45, 7) is 0. The molecule has 0 saturated carbocycles. The lowest BCUT2D eigenvalue weighted by molar-refractivity contribution is -0.143. The molecule has 3 heterocycles. The maximum atomic E-state index is 13.2. The average molecular weight is 640 g/mol. The first kappa shape index (κ1) is 26.0. The minimum Gasteiger partial charge on any atom is -0.316 e. The molecule has 1 atom stereocenters. The van der Waals surface area contributed by atoms with Crippen molar-refractivity contribution >= 4 is 61.4 Å². The van der Waals surface area contributed by atoms with E-state index in [0.29, 0.717) is 22.3 Å². The number of aliphatic imine (C=N–C) groups is 1. The van der Waals surface area contributed by atoms with Crippen molar-refractivity contribution in [3.8, 4) is 11.4 Å². The Kier molecular flexibility index (Phi) is 6.75. The van der Waals surface area contributed by atoms with Crippen LogP contribution in [0.1, 0.15) is 11.1 Å². The van der Waals surface area contributed by atoms with E-state index in [4.69, 9.17) is 11.6 Å². The summed E-state index contributed by atoms with van der Waals surface area (Å²) in [7, 11) is -1.13. The van der Waals surface area contributed by atoms with Gasteiger partial charge in [0.15, 0.2) is 16.1 Å². The van der Waals surface area contributed by atoms with E-state index in [9.17, 15) is 26.3 Å². The van der Waals surface area contributed by atoms with Crippen LogP contribution in [0.5, 0.6) is 0 Å². The molecule has 1 unspecified atom stereocenters. The van der Waals surface area contributed by atoms with Crippen LogP contribution in [-0.4, -0.2) is 30.7 Å². The predicted octanol–water partition coefficient (Wildman–Crippen LogP) is 7.96. The van der Waals surface area contributed by atoms with Crippen molar-refractivity contribution in [3.63, 3.8) is 0 Å². The Bertz CT molecular complexity index is 1510. The number of hydrogen-bond donors (Lipinski definition) is 2. The minimum atomic E-state index is -4.98. The van der Waals surface area contributed by atoms with Gasteiger partial charge in [-0.1, -0.05) is 27.5 Å². The number of hydrogen-bond acceptors (Lipinski definition) is 6. The third-order valence-electron chi connectivity index (χ3n) is 4.91. The number of nitrogens with zero attached hydrogens (tertiary/aromatic N) is 5. The van der Waals surface area contributed by atoms with Crippen molar-refractivity contribution in [1.82, 2.24) is 25.1 Å². The van der Waals surface area contributed by atoms with Gasteiger partial charge in [-0.25, -0.2) is 15.0 Å². The molecule has 37 heavy (non-hydrogen) atoms. The summed E-state index contributed by atoms with van der Waals surface area (Å²) in [4.78, 5) is 16.8. The summed E-state index contributed by atoms with van der Waals surface area (Å²) in [6, 6.07) is 8.28. The SMILES string of the molecule is FC(F)(F)c1cc(-c2nnc(Sc3cc(Cl)nc([SH]4C=Nc5cc(Br)ccc54)n3)[nH]2)cc(C(F)(F)F)c1. The number of aromatic amines is 1. The van der Waals surface area contributed by atoms with Crippen LogP contribution in [0.3, 0.4) is 0 Å². The molecule has 1 N–H and O–H groups in total. The van der Waals surface area contributed by atoms with Gasteiger partial charge >= 0.3 is 12.4 Å². The van der Waals surface area contributed by atoms with Crippen molar-refractivity contribution in [1.29, 1.82) is 0 Å². The lowest BCUT2D eigenvalue weighted by Gasteiger charge is -2.13. The van der Waals surface area contributed by atoms with Gasteiger partial charge in [-0.2, -0.15) is 26.3 Å². The number of H-pyrrole nitrogens is 1. The van der Waals surface area contributed by atoms with Crippen LogP contribution in [0.2, 0.25) is 5.15 Å². The molecule has 0 spiro atoms. The van der Waals surface area contributed by atoms with Gasteiger partial charge in [0.1, 0.15) is 10.2 Å². The second-order valence-corrected chi connectivity index (χ2v) is 11.6. The van der Waals surface area contributed by atoms with Gasteiger partial charge in [0, 0.05) is 21.0 Å². The van der Waals surface area contributed by atoms with Gasteiger partial charge in [0.25, 0.3) is 0 Å². The smallest absolute Gasteiger partial charge is 0.316 e. The predicted molar refractivity (Wildman–Crippen MR) is 131 cm³/mol. The number of rotatable bonds is 4.